The standard InChI is InChI=1S/C12H12IN3O2/c13-8-2-1-3-9(6-8)15-12(17)10-7-18-11(16-10)4-5-14/h1-3,6-7H,4-5,14H2,(H,15,17). The Labute approximate surface area is 118 Å². The van der Waals surface area contributed by atoms with Crippen molar-refractivity contribution in [2.75, 3.05) is 11.9 Å². The number of hydrogen-bond donors (Lipinski definition) is 2. The van der Waals surface area contributed by atoms with Gasteiger partial charge in [-0.3, -0.25) is 4.79 Å². The van der Waals surface area contributed by atoms with Crippen molar-refractivity contribution < 1.29 is 9.21 Å². The van der Waals surface area contributed by atoms with Gasteiger partial charge < -0.3 is 15.5 Å². The molecule has 0 bridgehead atoms. The predicted octanol–water partition coefficient (Wildman–Crippen LogP) is 2.03. The zero-order valence-electron chi connectivity index (χ0n) is 9.52. The number of aromatic nitrogens is 1. The van der Waals surface area contributed by atoms with Gasteiger partial charge in [-0.1, -0.05) is 6.07 Å². The molecule has 0 saturated carbocycles. The van der Waals surface area contributed by atoms with Gasteiger partial charge in [0.1, 0.15) is 6.26 Å². The van der Waals surface area contributed by atoms with Gasteiger partial charge in [0.25, 0.3) is 5.91 Å². The number of anilines is 1. The average Bonchev–Trinajstić information content (AvgIpc) is 2.78. The molecule has 0 atom stereocenters. The second-order valence-electron chi connectivity index (χ2n) is 3.63. The Hall–Kier alpha value is -1.41. The fraction of sp³-hybridized carbons (Fsp3) is 0.167. The monoisotopic (exact) mass is 357 g/mol. The molecule has 0 aliphatic heterocycles. The van der Waals surface area contributed by atoms with E-state index in [1.54, 1.807) is 0 Å². The summed E-state index contributed by atoms with van der Waals surface area (Å²) in [5.41, 5.74) is 6.38. The molecule has 18 heavy (non-hydrogen) atoms. The van der Waals surface area contributed by atoms with E-state index in [4.69, 9.17) is 10.2 Å². The zero-order chi connectivity index (χ0) is 13.0. The molecule has 0 fully saturated rings. The fourth-order valence-electron chi connectivity index (χ4n) is 1.41. The van der Waals surface area contributed by atoms with Gasteiger partial charge in [-0.15, -0.1) is 0 Å². The summed E-state index contributed by atoms with van der Waals surface area (Å²) in [5, 5.41) is 2.76. The summed E-state index contributed by atoms with van der Waals surface area (Å²) in [6.45, 7) is 0.443. The van der Waals surface area contributed by atoms with Crippen molar-refractivity contribution in [3.63, 3.8) is 0 Å². The molecule has 0 unspecified atom stereocenters. The highest BCUT2D eigenvalue weighted by Crippen LogP contribution is 2.13. The molecule has 3 N–H and O–H groups in total. The molecule has 0 aliphatic rings. The third-order valence-electron chi connectivity index (χ3n) is 2.23. The maximum Gasteiger partial charge on any atom is 0.277 e. The van der Waals surface area contributed by atoms with E-state index >= 15 is 0 Å². The highest BCUT2D eigenvalue weighted by atomic mass is 127. The van der Waals surface area contributed by atoms with Gasteiger partial charge in [0, 0.05) is 22.2 Å². The molecule has 0 aliphatic carbocycles. The Morgan fingerprint density at radius 1 is 1.50 bits per heavy atom. The first-order valence-corrected chi connectivity index (χ1v) is 6.48. The molecule has 1 aromatic carbocycles. The summed E-state index contributed by atoms with van der Waals surface area (Å²) < 4.78 is 6.18. The summed E-state index contributed by atoms with van der Waals surface area (Å²) in [6, 6.07) is 7.52. The van der Waals surface area contributed by atoms with Crippen molar-refractivity contribution in [3.05, 3.63) is 45.7 Å². The average molecular weight is 357 g/mol. The molecular formula is C12H12IN3O2. The molecular weight excluding hydrogens is 345 g/mol. The molecule has 1 amide bonds. The topological polar surface area (TPSA) is 81.1 Å². The number of nitrogens with zero attached hydrogens (tertiary/aromatic N) is 1. The van der Waals surface area contributed by atoms with Crippen molar-refractivity contribution in [2.24, 2.45) is 5.73 Å². The zero-order valence-corrected chi connectivity index (χ0v) is 11.7. The molecule has 0 saturated heterocycles. The van der Waals surface area contributed by atoms with Crippen molar-refractivity contribution in [3.8, 4) is 0 Å². The Kier molecular flexibility index (Phi) is 4.32. The number of amides is 1. The van der Waals surface area contributed by atoms with Crippen LogP contribution in [0, 0.1) is 3.57 Å². The van der Waals surface area contributed by atoms with Crippen LogP contribution in [0.3, 0.4) is 0 Å². The highest BCUT2D eigenvalue weighted by molar-refractivity contribution is 14.1. The molecule has 5 nitrogen and oxygen atoms in total. The van der Waals surface area contributed by atoms with Crippen LogP contribution in [0.1, 0.15) is 16.4 Å². The number of hydrogen-bond acceptors (Lipinski definition) is 4. The van der Waals surface area contributed by atoms with Crippen LogP contribution in [0.4, 0.5) is 5.69 Å². The SMILES string of the molecule is NCCc1nc(C(=O)Nc2cccc(I)c2)co1. The third kappa shape index (κ3) is 3.30. The number of nitrogens with two attached hydrogens (primary N) is 1. The quantitative estimate of drug-likeness (QED) is 0.821. The van der Waals surface area contributed by atoms with Crippen LogP contribution >= 0.6 is 22.6 Å². The maximum atomic E-state index is 11.9. The summed E-state index contributed by atoms with van der Waals surface area (Å²) in [5.74, 6) is 0.189. The van der Waals surface area contributed by atoms with Crippen LogP contribution in [-0.2, 0) is 6.42 Å². The summed E-state index contributed by atoms with van der Waals surface area (Å²) >= 11 is 2.18. The first-order valence-electron chi connectivity index (χ1n) is 5.40. The van der Waals surface area contributed by atoms with Gasteiger partial charge in [0.05, 0.1) is 0 Å². The van der Waals surface area contributed by atoms with E-state index in [-0.39, 0.29) is 11.6 Å². The highest BCUT2D eigenvalue weighted by Gasteiger charge is 2.12. The predicted molar refractivity (Wildman–Crippen MR) is 76.4 cm³/mol. The minimum Gasteiger partial charge on any atom is -0.448 e. The lowest BCUT2D eigenvalue weighted by Gasteiger charge is -2.02. The third-order valence-corrected chi connectivity index (χ3v) is 2.90. The summed E-state index contributed by atoms with van der Waals surface area (Å²) in [4.78, 5) is 15.9. The van der Waals surface area contributed by atoms with Gasteiger partial charge in [-0.2, -0.15) is 0 Å². The van der Waals surface area contributed by atoms with Crippen LogP contribution in [0.15, 0.2) is 34.9 Å². The largest absolute Gasteiger partial charge is 0.448 e. The summed E-state index contributed by atoms with van der Waals surface area (Å²) in [7, 11) is 0. The van der Waals surface area contributed by atoms with E-state index in [9.17, 15) is 4.79 Å². The van der Waals surface area contributed by atoms with E-state index in [2.05, 4.69) is 32.9 Å². The Morgan fingerprint density at radius 2 is 2.33 bits per heavy atom. The number of nitrogens with one attached hydrogen (secondary N) is 1. The Bertz CT molecular complexity index is 554. The number of carbonyl (C=O) groups is 1. The lowest BCUT2D eigenvalue weighted by atomic mass is 10.3. The van der Waals surface area contributed by atoms with Gasteiger partial charge in [-0.25, -0.2) is 4.98 Å². The van der Waals surface area contributed by atoms with E-state index in [0.29, 0.717) is 18.9 Å². The van der Waals surface area contributed by atoms with Crippen LogP contribution in [0.25, 0.3) is 0 Å². The van der Waals surface area contributed by atoms with E-state index < -0.39 is 0 Å². The van der Waals surface area contributed by atoms with Crippen molar-refractivity contribution in [1.29, 1.82) is 0 Å². The Balaban J connectivity index is 2.07. The van der Waals surface area contributed by atoms with Crippen molar-refractivity contribution >= 4 is 34.2 Å². The second-order valence-corrected chi connectivity index (χ2v) is 4.88. The number of oxazole rings is 1. The number of rotatable bonds is 4. The van der Waals surface area contributed by atoms with Crippen molar-refractivity contribution in [2.45, 2.75) is 6.42 Å². The molecule has 1 heterocycles. The smallest absolute Gasteiger partial charge is 0.277 e. The molecule has 94 valence electrons. The molecule has 2 aromatic rings. The summed E-state index contributed by atoms with van der Waals surface area (Å²) in [6.07, 6.45) is 1.87. The molecule has 6 heteroatoms. The van der Waals surface area contributed by atoms with Gasteiger partial charge in [0.2, 0.25) is 0 Å². The first kappa shape index (κ1) is 13.0. The molecule has 0 spiro atoms. The maximum absolute atomic E-state index is 11.9. The van der Waals surface area contributed by atoms with Crippen LogP contribution < -0.4 is 11.1 Å². The second kappa shape index (κ2) is 5.96. The lowest BCUT2D eigenvalue weighted by molar-refractivity contribution is 0.102. The van der Waals surface area contributed by atoms with Gasteiger partial charge in [0.15, 0.2) is 11.6 Å². The normalized spacial score (nSPS) is 10.3. The lowest BCUT2D eigenvalue weighted by Crippen LogP contribution is -2.12. The number of carbonyl (C=O) groups excluding carboxylic acids is 1. The molecule has 0 radical (unpaired) electrons. The van der Waals surface area contributed by atoms with Crippen LogP contribution in [0.2, 0.25) is 0 Å². The first-order chi connectivity index (χ1) is 8.69. The van der Waals surface area contributed by atoms with Crippen molar-refractivity contribution in [1.82, 2.24) is 4.98 Å². The van der Waals surface area contributed by atoms with E-state index in [0.717, 1.165) is 9.26 Å². The molecule has 1 aromatic heterocycles. The van der Waals surface area contributed by atoms with Gasteiger partial charge in [-0.05, 0) is 40.8 Å². The fourth-order valence-corrected chi connectivity index (χ4v) is 1.96. The van der Waals surface area contributed by atoms with Crippen LogP contribution in [-0.4, -0.2) is 17.4 Å². The number of benzene rings is 1. The van der Waals surface area contributed by atoms with E-state index in [1.807, 2.05) is 24.3 Å². The number of halogens is 1. The Morgan fingerprint density at radius 3 is 3.06 bits per heavy atom. The minimum absolute atomic E-state index is 0.261. The van der Waals surface area contributed by atoms with Gasteiger partial charge >= 0.3 is 0 Å². The van der Waals surface area contributed by atoms with Crippen LogP contribution in [0.5, 0.6) is 0 Å². The van der Waals surface area contributed by atoms with E-state index in [1.165, 1.54) is 6.26 Å². The minimum atomic E-state index is -0.288. The molecule has 2 rings (SSSR count).